The van der Waals surface area contributed by atoms with Crippen molar-refractivity contribution < 1.29 is 22.7 Å². The molecular weight excluding hydrogens is 465 g/mol. The van der Waals surface area contributed by atoms with Crippen LogP contribution in [0.5, 0.6) is 5.75 Å². The molecule has 0 saturated heterocycles. The third kappa shape index (κ3) is 4.61. The van der Waals surface area contributed by atoms with Gasteiger partial charge in [0.2, 0.25) is 0 Å². The van der Waals surface area contributed by atoms with Crippen LogP contribution in [0.15, 0.2) is 60.8 Å². The van der Waals surface area contributed by atoms with E-state index in [9.17, 15) is 18.0 Å². The van der Waals surface area contributed by atoms with Crippen LogP contribution in [0.2, 0.25) is 5.02 Å². The van der Waals surface area contributed by atoms with Crippen molar-refractivity contribution in [1.82, 2.24) is 9.47 Å². The number of halogens is 4. The Hall–Kier alpha value is -3.45. The van der Waals surface area contributed by atoms with Gasteiger partial charge in [0.05, 0.1) is 0 Å². The number of amides is 1. The largest absolute Gasteiger partial charge is 0.415 e. The Morgan fingerprint density at radius 1 is 0.971 bits per heavy atom. The summed E-state index contributed by atoms with van der Waals surface area (Å²) in [5.41, 5.74) is 2.29. The number of hydrogen-bond donors (Lipinski definition) is 0. The first kappa shape index (κ1) is 23.7. The fraction of sp³-hybridized carbons (Fsp3) is 0.192. The van der Waals surface area contributed by atoms with Crippen LogP contribution >= 0.6 is 11.6 Å². The summed E-state index contributed by atoms with van der Waals surface area (Å²) in [7, 11) is 0. The Bertz CT molecular complexity index is 1370. The van der Waals surface area contributed by atoms with Crippen LogP contribution in [0.4, 0.5) is 18.0 Å². The van der Waals surface area contributed by atoms with Gasteiger partial charge in [-0.2, -0.15) is 0 Å². The van der Waals surface area contributed by atoms with Crippen LogP contribution < -0.4 is 4.74 Å². The summed E-state index contributed by atoms with van der Waals surface area (Å²) in [5.74, 6) is -2.17. The third-order valence-electron chi connectivity index (χ3n) is 5.70. The lowest BCUT2D eigenvalue weighted by molar-refractivity contribution is 0.157. The molecular formula is C26H22ClF3N2O2. The van der Waals surface area contributed by atoms with Gasteiger partial charge in [0.15, 0.2) is 11.6 Å². The lowest BCUT2D eigenvalue weighted by atomic mass is 10.00. The summed E-state index contributed by atoms with van der Waals surface area (Å²) in [5, 5.41) is 0.974. The summed E-state index contributed by atoms with van der Waals surface area (Å²) in [6, 6.07) is 13.0. The van der Waals surface area contributed by atoms with E-state index in [1.807, 2.05) is 24.6 Å². The average Bonchev–Trinajstić information content (AvgIpc) is 3.21. The normalized spacial score (nSPS) is 11.1. The molecule has 34 heavy (non-hydrogen) atoms. The molecule has 8 heteroatoms. The van der Waals surface area contributed by atoms with Gasteiger partial charge in [0.1, 0.15) is 11.6 Å². The van der Waals surface area contributed by atoms with E-state index in [1.165, 1.54) is 23.1 Å². The molecule has 0 aliphatic heterocycles. The van der Waals surface area contributed by atoms with Gasteiger partial charge in [-0.25, -0.2) is 18.0 Å². The van der Waals surface area contributed by atoms with E-state index in [2.05, 4.69) is 0 Å². The lowest BCUT2D eigenvalue weighted by Crippen LogP contribution is -2.33. The zero-order chi connectivity index (χ0) is 24.4. The first-order valence-electron chi connectivity index (χ1n) is 10.8. The first-order chi connectivity index (χ1) is 16.3. The molecule has 0 radical (unpaired) electrons. The minimum atomic E-state index is -1.01. The number of ether oxygens (including phenoxy) is 1. The molecule has 0 unspecified atom stereocenters. The maximum atomic E-state index is 14.1. The highest BCUT2D eigenvalue weighted by Crippen LogP contribution is 2.39. The Morgan fingerprint density at radius 2 is 1.74 bits per heavy atom. The fourth-order valence-corrected chi connectivity index (χ4v) is 4.13. The van der Waals surface area contributed by atoms with Gasteiger partial charge in [0.25, 0.3) is 0 Å². The van der Waals surface area contributed by atoms with Gasteiger partial charge < -0.3 is 14.2 Å². The molecule has 0 N–H and O–H groups in total. The van der Waals surface area contributed by atoms with Crippen molar-refractivity contribution in [3.8, 4) is 16.9 Å². The topological polar surface area (TPSA) is 34.5 Å². The number of carbonyl (C=O) groups is 1. The second-order valence-electron chi connectivity index (χ2n) is 7.72. The molecule has 0 bridgehead atoms. The van der Waals surface area contributed by atoms with Crippen molar-refractivity contribution in [3.05, 3.63) is 88.8 Å². The van der Waals surface area contributed by atoms with E-state index >= 15 is 0 Å². The Balaban J connectivity index is 1.84. The van der Waals surface area contributed by atoms with Gasteiger partial charge in [-0.1, -0.05) is 23.7 Å². The molecule has 0 fully saturated rings. The molecule has 176 valence electrons. The summed E-state index contributed by atoms with van der Waals surface area (Å²) in [4.78, 5) is 14.2. The summed E-state index contributed by atoms with van der Waals surface area (Å²) in [6.07, 6.45) is 1.27. The zero-order valence-corrected chi connectivity index (χ0v) is 19.4. The van der Waals surface area contributed by atoms with Gasteiger partial charge in [0, 0.05) is 47.3 Å². The Labute approximate surface area is 200 Å². The molecule has 1 amide bonds. The highest BCUT2D eigenvalue weighted by atomic mass is 35.5. The predicted molar refractivity (Wildman–Crippen MR) is 127 cm³/mol. The molecule has 0 aliphatic rings. The lowest BCUT2D eigenvalue weighted by Gasteiger charge is -2.20. The number of fused-ring (bicyclic) bond motifs is 1. The first-order valence-corrected chi connectivity index (χ1v) is 11.2. The number of benzene rings is 3. The average molecular weight is 487 g/mol. The molecule has 4 nitrogen and oxygen atoms in total. The number of nitrogens with zero attached hydrogens (tertiary/aromatic N) is 2. The molecule has 4 aromatic rings. The summed E-state index contributed by atoms with van der Waals surface area (Å²) >= 11 is 6.20. The van der Waals surface area contributed by atoms with E-state index in [-0.39, 0.29) is 5.75 Å². The second-order valence-corrected chi connectivity index (χ2v) is 8.13. The van der Waals surface area contributed by atoms with E-state index < -0.39 is 23.5 Å². The molecule has 0 spiro atoms. The predicted octanol–water partition coefficient (Wildman–Crippen LogP) is 7.27. The monoisotopic (exact) mass is 486 g/mol. The molecule has 1 aromatic heterocycles. The number of carbonyl (C=O) groups excluding carboxylic acids is 1. The van der Waals surface area contributed by atoms with Crippen LogP contribution in [0.3, 0.4) is 0 Å². The van der Waals surface area contributed by atoms with Crippen molar-refractivity contribution in [1.29, 1.82) is 0 Å². The second kappa shape index (κ2) is 9.81. The van der Waals surface area contributed by atoms with Crippen molar-refractivity contribution >= 4 is 28.6 Å². The fourth-order valence-electron chi connectivity index (χ4n) is 3.90. The van der Waals surface area contributed by atoms with Gasteiger partial charge in [-0.05, 0) is 67.4 Å². The van der Waals surface area contributed by atoms with Gasteiger partial charge in [-0.15, -0.1) is 0 Å². The maximum absolute atomic E-state index is 14.1. The molecule has 1 heterocycles. The number of aromatic nitrogens is 1. The van der Waals surface area contributed by atoms with Crippen molar-refractivity contribution in [2.45, 2.75) is 20.4 Å². The quantitative estimate of drug-likeness (QED) is 0.287. The summed E-state index contributed by atoms with van der Waals surface area (Å²) < 4.78 is 48.8. The molecule has 0 aliphatic carbocycles. The molecule has 0 atom stereocenters. The standard InChI is InChI=1S/C26H22ClF3N2O2/c1-3-31(4-2)26(33)34-24-10-9-23-19(25(24)16-6-8-21(29)22(30)13-16)11-12-32(23)15-17-5-7-18(28)14-20(17)27/h5-14H,3-4,15H2,1-2H3. The highest BCUT2D eigenvalue weighted by Gasteiger charge is 2.20. The smallest absolute Gasteiger partial charge is 0.410 e. The molecule has 0 saturated carbocycles. The number of rotatable bonds is 6. The van der Waals surface area contributed by atoms with E-state index in [0.717, 1.165) is 17.6 Å². The molecule has 3 aromatic carbocycles. The van der Waals surface area contributed by atoms with Crippen LogP contribution in [-0.2, 0) is 6.54 Å². The van der Waals surface area contributed by atoms with Crippen LogP contribution in [-0.4, -0.2) is 28.6 Å². The van der Waals surface area contributed by atoms with Crippen LogP contribution in [0, 0.1) is 17.5 Å². The van der Waals surface area contributed by atoms with E-state index in [0.29, 0.717) is 46.7 Å². The van der Waals surface area contributed by atoms with E-state index in [4.69, 9.17) is 16.3 Å². The Morgan fingerprint density at radius 3 is 2.41 bits per heavy atom. The third-order valence-corrected chi connectivity index (χ3v) is 6.05. The highest BCUT2D eigenvalue weighted by molar-refractivity contribution is 6.31. The zero-order valence-electron chi connectivity index (χ0n) is 18.6. The SMILES string of the molecule is CCN(CC)C(=O)Oc1ccc2c(ccn2Cc2ccc(F)cc2Cl)c1-c1ccc(F)c(F)c1. The van der Waals surface area contributed by atoms with E-state index in [1.54, 1.807) is 24.3 Å². The van der Waals surface area contributed by atoms with Gasteiger partial charge in [-0.3, -0.25) is 0 Å². The minimum Gasteiger partial charge on any atom is -0.410 e. The van der Waals surface area contributed by atoms with Crippen molar-refractivity contribution in [2.75, 3.05) is 13.1 Å². The van der Waals surface area contributed by atoms with Crippen molar-refractivity contribution in [3.63, 3.8) is 0 Å². The summed E-state index contributed by atoms with van der Waals surface area (Å²) in [6.45, 7) is 4.97. The van der Waals surface area contributed by atoms with Gasteiger partial charge >= 0.3 is 6.09 Å². The van der Waals surface area contributed by atoms with Crippen LogP contribution in [0.25, 0.3) is 22.0 Å². The molecule has 4 rings (SSSR count). The number of hydrogen-bond acceptors (Lipinski definition) is 2. The van der Waals surface area contributed by atoms with Crippen molar-refractivity contribution in [2.24, 2.45) is 0 Å². The van der Waals surface area contributed by atoms with Crippen LogP contribution in [0.1, 0.15) is 19.4 Å². The Kier molecular flexibility index (Phi) is 6.84. The minimum absolute atomic E-state index is 0.230. The maximum Gasteiger partial charge on any atom is 0.415 e.